The Bertz CT molecular complexity index is 828. The van der Waals surface area contributed by atoms with Gasteiger partial charge in [-0.05, 0) is 30.4 Å². The van der Waals surface area contributed by atoms with Crippen LogP contribution in [0.5, 0.6) is 17.2 Å². The average molecular weight is 343 g/mol. The maximum absolute atomic E-state index is 12.3. The standard InChI is InChI=1S/C18H17NO6/c1-23-14-6-4-5-13(9-14)16(20)8-7-12-10-17(24-2)18(25-3)11-15(12)19(21)22/h4-11H,1-3H3/b8-7+. The lowest BCUT2D eigenvalue weighted by molar-refractivity contribution is -0.385. The highest BCUT2D eigenvalue weighted by atomic mass is 16.6. The predicted octanol–water partition coefficient (Wildman–Crippen LogP) is 3.52. The number of ether oxygens (including phenoxy) is 3. The zero-order valence-electron chi connectivity index (χ0n) is 14.0. The molecule has 7 nitrogen and oxygen atoms in total. The van der Waals surface area contributed by atoms with Gasteiger partial charge in [0.1, 0.15) is 5.75 Å². The predicted molar refractivity (Wildman–Crippen MR) is 92.6 cm³/mol. The van der Waals surface area contributed by atoms with Gasteiger partial charge in [-0.1, -0.05) is 12.1 Å². The van der Waals surface area contributed by atoms with Crippen LogP contribution in [0.25, 0.3) is 6.08 Å². The van der Waals surface area contributed by atoms with Gasteiger partial charge in [0.15, 0.2) is 17.3 Å². The number of benzene rings is 2. The summed E-state index contributed by atoms with van der Waals surface area (Å²) in [4.78, 5) is 23.0. The molecule has 0 aromatic heterocycles. The number of nitro benzene ring substituents is 1. The third-order valence-corrected chi connectivity index (χ3v) is 3.50. The quantitative estimate of drug-likeness (QED) is 0.331. The Kier molecular flexibility index (Phi) is 5.73. The molecule has 0 N–H and O–H groups in total. The van der Waals surface area contributed by atoms with Gasteiger partial charge in [-0.25, -0.2) is 0 Å². The lowest BCUT2D eigenvalue weighted by atomic mass is 10.1. The fraction of sp³-hybridized carbons (Fsp3) is 0.167. The normalized spacial score (nSPS) is 10.5. The van der Waals surface area contributed by atoms with E-state index in [-0.39, 0.29) is 22.8 Å². The van der Waals surface area contributed by atoms with Crippen LogP contribution in [-0.4, -0.2) is 32.0 Å². The van der Waals surface area contributed by atoms with Crippen LogP contribution in [-0.2, 0) is 0 Å². The third-order valence-electron chi connectivity index (χ3n) is 3.50. The van der Waals surface area contributed by atoms with Crippen molar-refractivity contribution in [2.45, 2.75) is 0 Å². The van der Waals surface area contributed by atoms with Crippen molar-refractivity contribution in [1.82, 2.24) is 0 Å². The zero-order valence-corrected chi connectivity index (χ0v) is 14.0. The molecule has 0 saturated heterocycles. The van der Waals surface area contributed by atoms with E-state index in [0.29, 0.717) is 17.1 Å². The number of allylic oxidation sites excluding steroid dienone is 1. The Morgan fingerprint density at radius 1 is 1.04 bits per heavy atom. The van der Waals surface area contributed by atoms with Crippen molar-refractivity contribution >= 4 is 17.5 Å². The van der Waals surface area contributed by atoms with Crippen LogP contribution in [0, 0.1) is 10.1 Å². The van der Waals surface area contributed by atoms with Gasteiger partial charge in [0.2, 0.25) is 0 Å². The highest BCUT2D eigenvalue weighted by molar-refractivity contribution is 6.07. The smallest absolute Gasteiger partial charge is 0.280 e. The molecule has 0 aliphatic carbocycles. The molecule has 0 fully saturated rings. The molecule has 0 bridgehead atoms. The highest BCUT2D eigenvalue weighted by Crippen LogP contribution is 2.35. The fourth-order valence-electron chi connectivity index (χ4n) is 2.21. The molecule has 130 valence electrons. The molecule has 2 rings (SSSR count). The topological polar surface area (TPSA) is 87.9 Å². The molecule has 0 atom stereocenters. The SMILES string of the molecule is COc1cccc(C(=O)/C=C/c2cc(OC)c(OC)cc2[N+](=O)[O-])c1. The molecule has 2 aromatic carbocycles. The molecular weight excluding hydrogens is 326 g/mol. The second-order valence-corrected chi connectivity index (χ2v) is 4.95. The highest BCUT2D eigenvalue weighted by Gasteiger charge is 2.18. The molecule has 0 saturated carbocycles. The molecule has 0 spiro atoms. The minimum Gasteiger partial charge on any atom is -0.497 e. The van der Waals surface area contributed by atoms with Crippen LogP contribution in [0.1, 0.15) is 15.9 Å². The summed E-state index contributed by atoms with van der Waals surface area (Å²) in [6, 6.07) is 9.35. The van der Waals surface area contributed by atoms with E-state index >= 15 is 0 Å². The van der Waals surface area contributed by atoms with Crippen molar-refractivity contribution < 1.29 is 23.9 Å². The van der Waals surface area contributed by atoms with E-state index in [1.807, 2.05) is 0 Å². The summed E-state index contributed by atoms with van der Waals surface area (Å²) in [5.74, 6) is 0.825. The van der Waals surface area contributed by atoms with Gasteiger partial charge in [-0.3, -0.25) is 14.9 Å². The first kappa shape index (κ1) is 18.0. The zero-order chi connectivity index (χ0) is 18.4. The number of nitrogens with zero attached hydrogens (tertiary/aromatic N) is 1. The van der Waals surface area contributed by atoms with Crippen molar-refractivity contribution in [3.8, 4) is 17.2 Å². The van der Waals surface area contributed by atoms with Gasteiger partial charge in [0.05, 0.1) is 37.9 Å². The molecule has 2 aromatic rings. The Morgan fingerprint density at radius 3 is 2.32 bits per heavy atom. The van der Waals surface area contributed by atoms with E-state index in [4.69, 9.17) is 14.2 Å². The van der Waals surface area contributed by atoms with Crippen molar-refractivity contribution in [3.05, 3.63) is 63.7 Å². The molecule has 0 amide bonds. The van der Waals surface area contributed by atoms with Gasteiger partial charge < -0.3 is 14.2 Å². The number of ketones is 1. The molecule has 0 aliphatic rings. The number of carbonyl (C=O) groups excluding carboxylic acids is 1. The average Bonchev–Trinajstić information content (AvgIpc) is 2.65. The van der Waals surface area contributed by atoms with Crippen molar-refractivity contribution in [2.75, 3.05) is 21.3 Å². The fourth-order valence-corrected chi connectivity index (χ4v) is 2.21. The van der Waals surface area contributed by atoms with E-state index in [2.05, 4.69) is 0 Å². The van der Waals surface area contributed by atoms with Gasteiger partial charge in [0.25, 0.3) is 5.69 Å². The van der Waals surface area contributed by atoms with Gasteiger partial charge in [0, 0.05) is 5.56 Å². The second-order valence-electron chi connectivity index (χ2n) is 4.95. The minimum atomic E-state index is -0.544. The van der Waals surface area contributed by atoms with Crippen LogP contribution in [0.4, 0.5) is 5.69 Å². The number of rotatable bonds is 7. The minimum absolute atomic E-state index is 0.188. The molecule has 0 heterocycles. The lowest BCUT2D eigenvalue weighted by Gasteiger charge is -2.08. The molecule has 0 unspecified atom stereocenters. The number of hydrogen-bond acceptors (Lipinski definition) is 6. The van der Waals surface area contributed by atoms with E-state index < -0.39 is 4.92 Å². The number of methoxy groups -OCH3 is 3. The summed E-state index contributed by atoms with van der Waals surface area (Å²) in [6.07, 6.45) is 2.64. The van der Waals surface area contributed by atoms with Crippen LogP contribution < -0.4 is 14.2 Å². The Balaban J connectivity index is 2.38. The Hall–Kier alpha value is -3.35. The molecule has 7 heteroatoms. The monoisotopic (exact) mass is 343 g/mol. The number of nitro groups is 1. The largest absolute Gasteiger partial charge is 0.497 e. The second kappa shape index (κ2) is 7.96. The van der Waals surface area contributed by atoms with Gasteiger partial charge in [-0.15, -0.1) is 0 Å². The van der Waals surface area contributed by atoms with Crippen LogP contribution in [0.2, 0.25) is 0 Å². The van der Waals surface area contributed by atoms with Crippen LogP contribution in [0.3, 0.4) is 0 Å². The maximum Gasteiger partial charge on any atom is 0.280 e. The first-order valence-electron chi connectivity index (χ1n) is 7.27. The molecule has 0 radical (unpaired) electrons. The summed E-state index contributed by atoms with van der Waals surface area (Å²) in [6.45, 7) is 0. The molecule has 0 aliphatic heterocycles. The Labute approximate surface area is 144 Å². The first-order valence-corrected chi connectivity index (χ1v) is 7.27. The molecule has 25 heavy (non-hydrogen) atoms. The van der Waals surface area contributed by atoms with Gasteiger partial charge >= 0.3 is 0 Å². The first-order chi connectivity index (χ1) is 12.0. The summed E-state index contributed by atoms with van der Waals surface area (Å²) in [5.41, 5.74) is 0.463. The van der Waals surface area contributed by atoms with E-state index in [1.54, 1.807) is 24.3 Å². The summed E-state index contributed by atoms with van der Waals surface area (Å²) >= 11 is 0. The van der Waals surface area contributed by atoms with Crippen LogP contribution >= 0.6 is 0 Å². The van der Waals surface area contributed by atoms with Crippen LogP contribution in [0.15, 0.2) is 42.5 Å². The summed E-state index contributed by atoms with van der Waals surface area (Å²) in [5, 5.41) is 11.3. The van der Waals surface area contributed by atoms with Crippen molar-refractivity contribution in [1.29, 1.82) is 0 Å². The molecular formula is C18H17NO6. The Morgan fingerprint density at radius 2 is 1.72 bits per heavy atom. The third kappa shape index (κ3) is 4.14. The number of hydrogen-bond donors (Lipinski definition) is 0. The van der Waals surface area contributed by atoms with E-state index in [1.165, 1.54) is 45.6 Å². The maximum atomic E-state index is 12.3. The summed E-state index contributed by atoms with van der Waals surface area (Å²) in [7, 11) is 4.33. The van der Waals surface area contributed by atoms with Gasteiger partial charge in [-0.2, -0.15) is 0 Å². The van der Waals surface area contributed by atoms with E-state index in [9.17, 15) is 14.9 Å². The number of carbonyl (C=O) groups is 1. The summed E-state index contributed by atoms with van der Waals surface area (Å²) < 4.78 is 15.3. The van der Waals surface area contributed by atoms with Crippen molar-refractivity contribution in [3.63, 3.8) is 0 Å². The van der Waals surface area contributed by atoms with Crippen molar-refractivity contribution in [2.24, 2.45) is 0 Å². The van der Waals surface area contributed by atoms with E-state index in [0.717, 1.165) is 0 Å². The lowest BCUT2D eigenvalue weighted by Crippen LogP contribution is -1.98.